The van der Waals surface area contributed by atoms with Crippen LogP contribution >= 0.6 is 0 Å². The van der Waals surface area contributed by atoms with Crippen molar-refractivity contribution in [3.05, 3.63) is 0 Å². The molecule has 0 saturated heterocycles. The van der Waals surface area contributed by atoms with Crippen LogP contribution in [0, 0.1) is 11.3 Å². The first-order valence-corrected chi connectivity index (χ1v) is 7.44. The standard InChI is InChI=1S/C15H31N3/c1-5-7-11-18(12-8-6-2)13-9-10-15(3,14-16)17-4/h17H,5-13H2,1-4H3. The van der Waals surface area contributed by atoms with E-state index in [-0.39, 0.29) is 5.54 Å². The maximum absolute atomic E-state index is 9.11. The van der Waals surface area contributed by atoms with Crippen LogP contribution in [0.1, 0.15) is 59.3 Å². The summed E-state index contributed by atoms with van der Waals surface area (Å²) in [6.07, 6.45) is 7.10. The average Bonchev–Trinajstić information content (AvgIpc) is 2.40. The first kappa shape index (κ1) is 17.4. The summed E-state index contributed by atoms with van der Waals surface area (Å²) in [6.45, 7) is 10.0. The fraction of sp³-hybridized carbons (Fsp3) is 0.933. The summed E-state index contributed by atoms with van der Waals surface area (Å²) in [7, 11) is 1.87. The summed E-state index contributed by atoms with van der Waals surface area (Å²) >= 11 is 0. The Morgan fingerprint density at radius 2 is 1.56 bits per heavy atom. The predicted molar refractivity (Wildman–Crippen MR) is 78.6 cm³/mol. The van der Waals surface area contributed by atoms with E-state index in [9.17, 15) is 0 Å². The largest absolute Gasteiger partial charge is 0.303 e. The van der Waals surface area contributed by atoms with Crippen molar-refractivity contribution < 1.29 is 0 Å². The lowest BCUT2D eigenvalue weighted by Gasteiger charge is -2.25. The molecule has 1 N–H and O–H groups in total. The van der Waals surface area contributed by atoms with E-state index in [1.54, 1.807) is 0 Å². The normalized spacial score (nSPS) is 14.4. The van der Waals surface area contributed by atoms with E-state index < -0.39 is 0 Å². The zero-order chi connectivity index (χ0) is 13.9. The molecular formula is C15H31N3. The van der Waals surface area contributed by atoms with Crippen LogP contribution in [0.5, 0.6) is 0 Å². The molecule has 18 heavy (non-hydrogen) atoms. The van der Waals surface area contributed by atoms with Gasteiger partial charge in [-0.25, -0.2) is 0 Å². The minimum absolute atomic E-state index is 0.360. The Hall–Kier alpha value is -0.590. The monoisotopic (exact) mass is 253 g/mol. The Morgan fingerprint density at radius 3 is 1.94 bits per heavy atom. The fourth-order valence-corrected chi connectivity index (χ4v) is 1.99. The lowest BCUT2D eigenvalue weighted by atomic mass is 9.98. The summed E-state index contributed by atoms with van der Waals surface area (Å²) in [4.78, 5) is 2.56. The highest BCUT2D eigenvalue weighted by Crippen LogP contribution is 2.11. The summed E-state index contributed by atoms with van der Waals surface area (Å²) in [5, 5.41) is 12.2. The number of hydrogen-bond donors (Lipinski definition) is 1. The van der Waals surface area contributed by atoms with Gasteiger partial charge in [-0.1, -0.05) is 26.7 Å². The van der Waals surface area contributed by atoms with Gasteiger partial charge in [-0.3, -0.25) is 0 Å². The highest BCUT2D eigenvalue weighted by molar-refractivity contribution is 5.02. The molecule has 0 bridgehead atoms. The Balaban J connectivity index is 3.97. The smallest absolute Gasteiger partial charge is 0.103 e. The highest BCUT2D eigenvalue weighted by atomic mass is 15.1. The molecule has 0 rings (SSSR count). The molecule has 3 nitrogen and oxygen atoms in total. The van der Waals surface area contributed by atoms with E-state index in [0.29, 0.717) is 0 Å². The van der Waals surface area contributed by atoms with Crippen LogP contribution < -0.4 is 5.32 Å². The molecule has 0 spiro atoms. The van der Waals surface area contributed by atoms with Gasteiger partial charge in [-0.15, -0.1) is 0 Å². The minimum Gasteiger partial charge on any atom is -0.303 e. The van der Waals surface area contributed by atoms with E-state index in [4.69, 9.17) is 5.26 Å². The number of hydrogen-bond acceptors (Lipinski definition) is 3. The Kier molecular flexibility index (Phi) is 10.0. The fourth-order valence-electron chi connectivity index (χ4n) is 1.99. The molecule has 0 fully saturated rings. The molecule has 0 aromatic heterocycles. The van der Waals surface area contributed by atoms with Crippen molar-refractivity contribution in [3.8, 4) is 6.07 Å². The molecule has 1 unspecified atom stereocenters. The van der Waals surface area contributed by atoms with Crippen molar-refractivity contribution >= 4 is 0 Å². The topological polar surface area (TPSA) is 39.1 Å². The molecule has 0 aliphatic heterocycles. The molecule has 0 saturated carbocycles. The van der Waals surface area contributed by atoms with Crippen LogP contribution in [0.25, 0.3) is 0 Å². The predicted octanol–water partition coefficient (Wildman–Crippen LogP) is 3.17. The molecule has 3 heteroatoms. The number of nitrogens with zero attached hydrogens (tertiary/aromatic N) is 2. The quantitative estimate of drug-likeness (QED) is 0.615. The van der Waals surface area contributed by atoms with Gasteiger partial charge in [0.2, 0.25) is 0 Å². The van der Waals surface area contributed by atoms with Crippen LogP contribution in [0.15, 0.2) is 0 Å². The first-order valence-electron chi connectivity index (χ1n) is 7.44. The summed E-state index contributed by atoms with van der Waals surface area (Å²) < 4.78 is 0. The lowest BCUT2D eigenvalue weighted by Crippen LogP contribution is -2.39. The molecule has 0 aliphatic rings. The second kappa shape index (κ2) is 10.3. The van der Waals surface area contributed by atoms with Gasteiger partial charge in [-0.2, -0.15) is 5.26 Å². The van der Waals surface area contributed by atoms with Gasteiger partial charge in [0, 0.05) is 0 Å². The number of nitrogens with one attached hydrogen (secondary N) is 1. The van der Waals surface area contributed by atoms with Crippen LogP contribution in [0.4, 0.5) is 0 Å². The maximum atomic E-state index is 9.11. The van der Waals surface area contributed by atoms with Crippen molar-refractivity contribution in [1.29, 1.82) is 5.26 Å². The summed E-state index contributed by atoms with van der Waals surface area (Å²) in [6, 6.07) is 2.36. The third-order valence-electron chi connectivity index (χ3n) is 3.61. The number of rotatable bonds is 11. The van der Waals surface area contributed by atoms with Crippen molar-refractivity contribution in [3.63, 3.8) is 0 Å². The zero-order valence-electron chi connectivity index (χ0n) is 12.8. The van der Waals surface area contributed by atoms with Gasteiger partial charge < -0.3 is 10.2 Å². The Labute approximate surface area is 114 Å². The van der Waals surface area contributed by atoms with Gasteiger partial charge >= 0.3 is 0 Å². The van der Waals surface area contributed by atoms with E-state index in [1.165, 1.54) is 38.8 Å². The second-order valence-electron chi connectivity index (χ2n) is 5.35. The molecule has 0 heterocycles. The van der Waals surface area contributed by atoms with E-state index in [0.717, 1.165) is 19.4 Å². The maximum Gasteiger partial charge on any atom is 0.103 e. The SMILES string of the molecule is CCCCN(CCCC)CCCC(C)(C#N)NC. The van der Waals surface area contributed by atoms with Crippen molar-refractivity contribution in [2.24, 2.45) is 0 Å². The lowest BCUT2D eigenvalue weighted by molar-refractivity contribution is 0.251. The first-order chi connectivity index (χ1) is 8.61. The summed E-state index contributed by atoms with van der Waals surface area (Å²) in [5.74, 6) is 0. The third kappa shape index (κ3) is 7.68. The van der Waals surface area contributed by atoms with Crippen LogP contribution in [-0.4, -0.2) is 37.1 Å². The Morgan fingerprint density at radius 1 is 1.06 bits per heavy atom. The van der Waals surface area contributed by atoms with Crippen LogP contribution in [0.2, 0.25) is 0 Å². The van der Waals surface area contributed by atoms with Gasteiger partial charge in [0.15, 0.2) is 0 Å². The molecular weight excluding hydrogens is 222 g/mol. The number of unbranched alkanes of at least 4 members (excludes halogenated alkanes) is 2. The molecule has 0 amide bonds. The Bertz CT molecular complexity index is 226. The molecule has 0 aromatic rings. The molecule has 1 atom stereocenters. The summed E-state index contributed by atoms with van der Waals surface area (Å²) in [5.41, 5.74) is -0.360. The second-order valence-corrected chi connectivity index (χ2v) is 5.35. The van der Waals surface area contributed by atoms with Crippen molar-refractivity contribution in [2.75, 3.05) is 26.7 Å². The minimum atomic E-state index is -0.360. The van der Waals surface area contributed by atoms with Gasteiger partial charge in [0.1, 0.15) is 5.54 Å². The van der Waals surface area contributed by atoms with Crippen molar-refractivity contribution in [2.45, 2.75) is 64.8 Å². The van der Waals surface area contributed by atoms with E-state index in [2.05, 4.69) is 30.1 Å². The number of nitriles is 1. The van der Waals surface area contributed by atoms with Gasteiger partial charge in [0.25, 0.3) is 0 Å². The van der Waals surface area contributed by atoms with Gasteiger partial charge in [0.05, 0.1) is 6.07 Å². The molecule has 0 aliphatic carbocycles. The van der Waals surface area contributed by atoms with Gasteiger partial charge in [-0.05, 0) is 59.3 Å². The van der Waals surface area contributed by atoms with E-state index >= 15 is 0 Å². The van der Waals surface area contributed by atoms with Crippen molar-refractivity contribution in [1.82, 2.24) is 10.2 Å². The van der Waals surface area contributed by atoms with E-state index in [1.807, 2.05) is 14.0 Å². The van der Waals surface area contributed by atoms with Crippen LogP contribution in [-0.2, 0) is 0 Å². The van der Waals surface area contributed by atoms with Crippen LogP contribution in [0.3, 0.4) is 0 Å². The third-order valence-corrected chi connectivity index (χ3v) is 3.61. The highest BCUT2D eigenvalue weighted by Gasteiger charge is 2.20. The molecule has 0 aromatic carbocycles. The zero-order valence-corrected chi connectivity index (χ0v) is 12.8. The molecule has 0 radical (unpaired) electrons. The molecule has 106 valence electrons. The average molecular weight is 253 g/mol.